The summed E-state index contributed by atoms with van der Waals surface area (Å²) in [4.78, 5) is 12.0. The van der Waals surface area contributed by atoms with Crippen LogP contribution in [-0.2, 0) is 20.3 Å². The molecule has 0 aliphatic heterocycles. The van der Waals surface area contributed by atoms with Crippen LogP contribution in [0.2, 0.25) is 0 Å². The van der Waals surface area contributed by atoms with Crippen molar-refractivity contribution >= 4 is 25.6 Å². The van der Waals surface area contributed by atoms with Crippen molar-refractivity contribution in [1.29, 1.82) is 0 Å². The molecule has 0 aliphatic carbocycles. The van der Waals surface area contributed by atoms with Crippen LogP contribution in [0.15, 0.2) is 29.2 Å². The molecule has 0 saturated carbocycles. The summed E-state index contributed by atoms with van der Waals surface area (Å²) in [5.41, 5.74) is 0.713. The van der Waals surface area contributed by atoms with Gasteiger partial charge in [0.1, 0.15) is 0 Å². The predicted molar refractivity (Wildman–Crippen MR) is 84.9 cm³/mol. The van der Waals surface area contributed by atoms with Crippen LogP contribution in [0.4, 0.5) is 0 Å². The van der Waals surface area contributed by atoms with Gasteiger partial charge in [0.2, 0.25) is 5.91 Å². The Kier molecular flexibility index (Phi) is 6.23. The third-order valence-electron chi connectivity index (χ3n) is 3.20. The van der Waals surface area contributed by atoms with E-state index in [1.165, 1.54) is 12.1 Å². The van der Waals surface area contributed by atoms with Gasteiger partial charge in [0.25, 0.3) is 9.05 Å². The van der Waals surface area contributed by atoms with E-state index in [0.29, 0.717) is 12.8 Å². The summed E-state index contributed by atoms with van der Waals surface area (Å²) in [7, 11) is 1.56. The quantitative estimate of drug-likeness (QED) is 0.780. The molecule has 0 atom stereocenters. The zero-order chi connectivity index (χ0) is 16.1. The molecule has 1 aromatic carbocycles. The summed E-state index contributed by atoms with van der Waals surface area (Å²) in [6.45, 7) is 6.10. The van der Waals surface area contributed by atoms with Crippen molar-refractivity contribution in [3.8, 4) is 0 Å². The number of carbonyl (C=O) groups is 1. The first-order valence-corrected chi connectivity index (χ1v) is 9.29. The number of rotatable bonds is 7. The topological polar surface area (TPSA) is 63.2 Å². The van der Waals surface area contributed by atoms with Gasteiger partial charge >= 0.3 is 0 Å². The summed E-state index contributed by atoms with van der Waals surface area (Å²) in [5, 5.41) is 3.01. The molecule has 0 radical (unpaired) electrons. The van der Waals surface area contributed by atoms with Crippen molar-refractivity contribution in [2.45, 2.75) is 56.9 Å². The molecule has 0 saturated heterocycles. The number of benzene rings is 1. The molecule has 1 aromatic rings. The Balaban J connectivity index is 2.54. The molecule has 0 bridgehead atoms. The average Bonchev–Trinajstić information content (AvgIpc) is 2.35. The van der Waals surface area contributed by atoms with Crippen molar-refractivity contribution in [3.05, 3.63) is 29.8 Å². The molecule has 1 amide bonds. The Morgan fingerprint density at radius 1 is 1.24 bits per heavy atom. The highest BCUT2D eigenvalue weighted by atomic mass is 35.7. The maximum absolute atomic E-state index is 11.9. The molecule has 6 heteroatoms. The Morgan fingerprint density at radius 2 is 1.81 bits per heavy atom. The van der Waals surface area contributed by atoms with Crippen LogP contribution in [-0.4, -0.2) is 19.9 Å². The van der Waals surface area contributed by atoms with E-state index < -0.39 is 9.05 Å². The van der Waals surface area contributed by atoms with Crippen molar-refractivity contribution in [3.63, 3.8) is 0 Å². The fraction of sp³-hybridized carbons (Fsp3) is 0.533. The second kappa shape index (κ2) is 7.27. The number of halogens is 1. The maximum Gasteiger partial charge on any atom is 0.261 e. The van der Waals surface area contributed by atoms with E-state index in [9.17, 15) is 13.2 Å². The first-order valence-electron chi connectivity index (χ1n) is 6.99. The zero-order valence-corrected chi connectivity index (χ0v) is 14.2. The summed E-state index contributed by atoms with van der Waals surface area (Å²) >= 11 is 0. The normalized spacial score (nSPS) is 12.2. The van der Waals surface area contributed by atoms with Gasteiger partial charge in [0.05, 0.1) is 4.90 Å². The number of carbonyl (C=O) groups excluding carboxylic acids is 1. The molecule has 0 aliphatic rings. The van der Waals surface area contributed by atoms with Gasteiger partial charge in [0.15, 0.2) is 0 Å². The van der Waals surface area contributed by atoms with E-state index >= 15 is 0 Å². The molecule has 1 rings (SSSR count). The van der Waals surface area contributed by atoms with Crippen LogP contribution in [0.25, 0.3) is 0 Å². The lowest BCUT2D eigenvalue weighted by molar-refractivity contribution is -0.122. The monoisotopic (exact) mass is 331 g/mol. The van der Waals surface area contributed by atoms with Gasteiger partial charge in [-0.25, -0.2) is 8.42 Å². The molecule has 0 aromatic heterocycles. The second-order valence-electron chi connectivity index (χ2n) is 5.76. The smallest absolute Gasteiger partial charge is 0.261 e. The minimum absolute atomic E-state index is 0.00231. The third kappa shape index (κ3) is 6.48. The highest BCUT2D eigenvalue weighted by Crippen LogP contribution is 2.16. The van der Waals surface area contributed by atoms with Crippen molar-refractivity contribution in [2.24, 2.45) is 0 Å². The van der Waals surface area contributed by atoms with Gasteiger partial charge in [-0.2, -0.15) is 0 Å². The summed E-state index contributed by atoms with van der Waals surface area (Å²) < 4.78 is 22.3. The minimum Gasteiger partial charge on any atom is -0.351 e. The Bertz CT molecular complexity index is 579. The molecule has 0 fully saturated rings. The number of hydrogen-bond donors (Lipinski definition) is 1. The van der Waals surface area contributed by atoms with Gasteiger partial charge in [-0.15, -0.1) is 0 Å². The van der Waals surface area contributed by atoms with E-state index in [0.717, 1.165) is 18.4 Å². The van der Waals surface area contributed by atoms with Gasteiger partial charge in [0, 0.05) is 22.6 Å². The molecular formula is C15H22ClNO3S. The zero-order valence-electron chi connectivity index (χ0n) is 12.6. The molecule has 1 N–H and O–H groups in total. The summed E-state index contributed by atoms with van der Waals surface area (Å²) in [5.74, 6) is 0.00231. The Morgan fingerprint density at radius 3 is 2.29 bits per heavy atom. The van der Waals surface area contributed by atoms with E-state index in [2.05, 4.69) is 12.2 Å². The standard InChI is InChI=1S/C15H22ClNO3S/c1-4-11-15(2,3)17-14(18)10-7-12-5-8-13(9-6-12)21(16,19)20/h5-6,8-9H,4,7,10-11H2,1-3H3,(H,17,18). The van der Waals surface area contributed by atoms with Crippen molar-refractivity contribution < 1.29 is 13.2 Å². The number of amides is 1. The third-order valence-corrected chi connectivity index (χ3v) is 4.57. The SMILES string of the molecule is CCCC(C)(C)NC(=O)CCc1ccc(S(=O)(=O)Cl)cc1. The number of hydrogen-bond acceptors (Lipinski definition) is 3. The van der Waals surface area contributed by atoms with Crippen LogP contribution in [0, 0.1) is 0 Å². The van der Waals surface area contributed by atoms with E-state index in [1.54, 1.807) is 12.1 Å². The van der Waals surface area contributed by atoms with Crippen LogP contribution in [0.1, 0.15) is 45.6 Å². The first-order chi connectivity index (χ1) is 9.64. The van der Waals surface area contributed by atoms with Gasteiger partial charge < -0.3 is 5.32 Å². The van der Waals surface area contributed by atoms with Crippen LogP contribution >= 0.6 is 10.7 Å². The Labute approximate surface area is 131 Å². The van der Waals surface area contributed by atoms with Gasteiger partial charge in [-0.05, 0) is 44.4 Å². The maximum atomic E-state index is 11.9. The molecule has 118 valence electrons. The fourth-order valence-electron chi connectivity index (χ4n) is 2.20. The van der Waals surface area contributed by atoms with Crippen LogP contribution < -0.4 is 5.32 Å². The van der Waals surface area contributed by atoms with Crippen LogP contribution in [0.5, 0.6) is 0 Å². The van der Waals surface area contributed by atoms with E-state index in [4.69, 9.17) is 10.7 Å². The van der Waals surface area contributed by atoms with E-state index in [-0.39, 0.29) is 16.3 Å². The van der Waals surface area contributed by atoms with Crippen molar-refractivity contribution in [2.75, 3.05) is 0 Å². The number of nitrogens with one attached hydrogen (secondary N) is 1. The summed E-state index contributed by atoms with van der Waals surface area (Å²) in [6.07, 6.45) is 2.89. The molecule has 0 spiro atoms. The largest absolute Gasteiger partial charge is 0.351 e. The lowest BCUT2D eigenvalue weighted by atomic mass is 9.98. The average molecular weight is 332 g/mol. The lowest BCUT2D eigenvalue weighted by Crippen LogP contribution is -2.43. The highest BCUT2D eigenvalue weighted by Gasteiger charge is 2.18. The predicted octanol–water partition coefficient (Wildman–Crippen LogP) is 3.24. The minimum atomic E-state index is -3.69. The molecule has 21 heavy (non-hydrogen) atoms. The first kappa shape index (κ1) is 18.0. The lowest BCUT2D eigenvalue weighted by Gasteiger charge is -2.25. The molecule has 4 nitrogen and oxygen atoms in total. The summed E-state index contributed by atoms with van der Waals surface area (Å²) in [6, 6.07) is 6.27. The van der Waals surface area contributed by atoms with Gasteiger partial charge in [-0.3, -0.25) is 4.79 Å². The van der Waals surface area contributed by atoms with E-state index in [1.807, 2.05) is 13.8 Å². The second-order valence-corrected chi connectivity index (χ2v) is 8.33. The van der Waals surface area contributed by atoms with Crippen molar-refractivity contribution in [1.82, 2.24) is 5.32 Å². The highest BCUT2D eigenvalue weighted by molar-refractivity contribution is 8.13. The van der Waals surface area contributed by atoms with Crippen LogP contribution in [0.3, 0.4) is 0 Å². The van der Waals surface area contributed by atoms with Gasteiger partial charge in [-0.1, -0.05) is 25.5 Å². The molecule has 0 unspecified atom stereocenters. The fourth-order valence-corrected chi connectivity index (χ4v) is 2.97. The molecular weight excluding hydrogens is 310 g/mol. The number of aryl methyl sites for hydroxylation is 1. The molecule has 0 heterocycles. The Hall–Kier alpha value is -1.07.